The molecule has 3 heterocycles. The molecule has 0 radical (unpaired) electrons. The molecule has 0 saturated heterocycles. The number of aromatic nitrogens is 3. The second-order valence-corrected chi connectivity index (χ2v) is 7.30. The van der Waals surface area contributed by atoms with E-state index in [1.807, 2.05) is 30.7 Å². The number of aryl methyl sites for hydroxylation is 2. The van der Waals surface area contributed by atoms with Crippen molar-refractivity contribution >= 4 is 21.5 Å². The molecule has 0 aliphatic carbocycles. The van der Waals surface area contributed by atoms with Gasteiger partial charge in [0.2, 0.25) is 5.88 Å². The number of hydrogen-bond donors (Lipinski definition) is 0. The van der Waals surface area contributed by atoms with E-state index in [4.69, 9.17) is 9.72 Å². The lowest BCUT2D eigenvalue weighted by atomic mass is 9.98. The van der Waals surface area contributed by atoms with Crippen LogP contribution in [0, 0.1) is 0 Å². The van der Waals surface area contributed by atoms with Crippen LogP contribution in [0.5, 0.6) is 5.88 Å². The fourth-order valence-electron chi connectivity index (χ4n) is 3.83. The standard InChI is InChI=1S/C26H21N3O/c1-30-25-13-11-18(15-28-25)10-12-21-17-29-26(23-9-5-4-8-22(21)23)24-14-19-6-2-3-7-20(19)16-27-24/h2-9,11,13-17H,10,12H2,1H3. The van der Waals surface area contributed by atoms with Crippen molar-refractivity contribution in [1.29, 1.82) is 0 Å². The van der Waals surface area contributed by atoms with E-state index >= 15 is 0 Å². The summed E-state index contributed by atoms with van der Waals surface area (Å²) in [6, 6.07) is 22.8. The zero-order chi connectivity index (χ0) is 20.3. The Morgan fingerprint density at radius 1 is 0.700 bits per heavy atom. The number of ether oxygens (including phenoxy) is 1. The lowest BCUT2D eigenvalue weighted by molar-refractivity contribution is 0.397. The van der Waals surface area contributed by atoms with Gasteiger partial charge in [0.25, 0.3) is 0 Å². The summed E-state index contributed by atoms with van der Waals surface area (Å²) in [5.74, 6) is 0.637. The predicted molar refractivity (Wildman–Crippen MR) is 121 cm³/mol. The third-order valence-electron chi connectivity index (χ3n) is 5.44. The van der Waals surface area contributed by atoms with Crippen molar-refractivity contribution in [2.24, 2.45) is 0 Å². The van der Waals surface area contributed by atoms with Crippen molar-refractivity contribution in [2.75, 3.05) is 7.11 Å². The van der Waals surface area contributed by atoms with Crippen molar-refractivity contribution in [3.63, 3.8) is 0 Å². The molecule has 0 bridgehead atoms. The molecule has 0 aliphatic heterocycles. The zero-order valence-corrected chi connectivity index (χ0v) is 16.7. The highest BCUT2D eigenvalue weighted by Crippen LogP contribution is 2.29. The molecule has 0 unspecified atom stereocenters. The molecule has 4 heteroatoms. The Kier molecular flexibility index (Phi) is 4.81. The van der Waals surface area contributed by atoms with Crippen LogP contribution in [0.3, 0.4) is 0 Å². The van der Waals surface area contributed by atoms with E-state index in [0.717, 1.165) is 35.0 Å². The lowest BCUT2D eigenvalue weighted by Crippen LogP contribution is -1.98. The Morgan fingerprint density at radius 3 is 2.30 bits per heavy atom. The molecule has 0 saturated carbocycles. The maximum absolute atomic E-state index is 5.14. The fourth-order valence-corrected chi connectivity index (χ4v) is 3.83. The van der Waals surface area contributed by atoms with Gasteiger partial charge in [0, 0.05) is 35.4 Å². The first kappa shape index (κ1) is 18.3. The van der Waals surface area contributed by atoms with Crippen molar-refractivity contribution < 1.29 is 4.74 Å². The second-order valence-electron chi connectivity index (χ2n) is 7.30. The van der Waals surface area contributed by atoms with Crippen molar-refractivity contribution in [3.05, 3.63) is 96.4 Å². The van der Waals surface area contributed by atoms with E-state index < -0.39 is 0 Å². The molecule has 0 spiro atoms. The van der Waals surface area contributed by atoms with Crippen LogP contribution in [0.4, 0.5) is 0 Å². The largest absolute Gasteiger partial charge is 0.481 e. The summed E-state index contributed by atoms with van der Waals surface area (Å²) in [5.41, 5.74) is 4.23. The van der Waals surface area contributed by atoms with E-state index in [9.17, 15) is 0 Å². The summed E-state index contributed by atoms with van der Waals surface area (Å²) in [4.78, 5) is 13.8. The molecule has 5 aromatic rings. The predicted octanol–water partition coefficient (Wildman–Crippen LogP) is 5.64. The minimum absolute atomic E-state index is 0.637. The van der Waals surface area contributed by atoms with E-state index in [1.165, 1.54) is 21.9 Å². The minimum Gasteiger partial charge on any atom is -0.481 e. The molecule has 0 aliphatic rings. The Bertz CT molecular complexity index is 1330. The summed E-state index contributed by atoms with van der Waals surface area (Å²) < 4.78 is 5.14. The Balaban J connectivity index is 1.50. The third kappa shape index (κ3) is 3.48. The normalized spacial score (nSPS) is 11.1. The molecule has 146 valence electrons. The number of rotatable bonds is 5. The van der Waals surface area contributed by atoms with E-state index in [2.05, 4.69) is 64.6 Å². The van der Waals surface area contributed by atoms with Crippen molar-refractivity contribution in [1.82, 2.24) is 15.0 Å². The van der Waals surface area contributed by atoms with Crippen LogP contribution in [-0.2, 0) is 12.8 Å². The number of benzene rings is 2. The van der Waals surface area contributed by atoms with E-state index in [0.29, 0.717) is 5.88 Å². The smallest absolute Gasteiger partial charge is 0.212 e. The summed E-state index contributed by atoms with van der Waals surface area (Å²) in [6.45, 7) is 0. The van der Waals surface area contributed by atoms with Gasteiger partial charge in [-0.25, -0.2) is 4.98 Å². The van der Waals surface area contributed by atoms with Crippen LogP contribution in [-0.4, -0.2) is 22.1 Å². The molecule has 2 aromatic carbocycles. The monoisotopic (exact) mass is 391 g/mol. The topological polar surface area (TPSA) is 47.9 Å². The molecular formula is C26H21N3O. The number of hydrogen-bond acceptors (Lipinski definition) is 4. The highest BCUT2D eigenvalue weighted by molar-refractivity contribution is 5.97. The fraction of sp³-hybridized carbons (Fsp3) is 0.115. The highest BCUT2D eigenvalue weighted by atomic mass is 16.5. The van der Waals surface area contributed by atoms with Gasteiger partial charge in [0.05, 0.1) is 18.5 Å². The summed E-state index contributed by atoms with van der Waals surface area (Å²) >= 11 is 0. The summed E-state index contributed by atoms with van der Waals surface area (Å²) in [6.07, 6.45) is 7.59. The van der Waals surface area contributed by atoms with E-state index in [1.54, 1.807) is 7.11 Å². The first-order valence-electron chi connectivity index (χ1n) is 10.0. The van der Waals surface area contributed by atoms with Gasteiger partial charge < -0.3 is 4.74 Å². The number of methoxy groups -OCH3 is 1. The Hall–Kier alpha value is -3.79. The van der Waals surface area contributed by atoms with Gasteiger partial charge in [0.1, 0.15) is 0 Å². The van der Waals surface area contributed by atoms with Gasteiger partial charge in [-0.2, -0.15) is 0 Å². The molecular weight excluding hydrogens is 370 g/mol. The van der Waals surface area contributed by atoms with Gasteiger partial charge in [-0.15, -0.1) is 0 Å². The van der Waals surface area contributed by atoms with Gasteiger partial charge in [-0.3, -0.25) is 9.97 Å². The zero-order valence-electron chi connectivity index (χ0n) is 16.7. The second kappa shape index (κ2) is 7.91. The van der Waals surface area contributed by atoms with Gasteiger partial charge in [-0.1, -0.05) is 54.6 Å². The van der Waals surface area contributed by atoms with Crippen LogP contribution in [0.25, 0.3) is 32.9 Å². The molecule has 4 nitrogen and oxygen atoms in total. The van der Waals surface area contributed by atoms with Crippen molar-refractivity contribution in [3.8, 4) is 17.3 Å². The van der Waals surface area contributed by atoms with Crippen LogP contribution in [0.15, 0.2) is 85.3 Å². The van der Waals surface area contributed by atoms with Crippen LogP contribution in [0.1, 0.15) is 11.1 Å². The first-order chi connectivity index (χ1) is 14.8. The first-order valence-corrected chi connectivity index (χ1v) is 10.0. The molecule has 0 atom stereocenters. The maximum Gasteiger partial charge on any atom is 0.212 e. The summed E-state index contributed by atoms with van der Waals surface area (Å²) in [7, 11) is 1.63. The molecule has 0 fully saturated rings. The molecule has 0 N–H and O–H groups in total. The van der Waals surface area contributed by atoms with E-state index in [-0.39, 0.29) is 0 Å². The van der Waals surface area contributed by atoms with Crippen LogP contribution < -0.4 is 4.74 Å². The minimum atomic E-state index is 0.637. The number of fused-ring (bicyclic) bond motifs is 2. The number of pyridine rings is 3. The number of nitrogens with zero attached hydrogens (tertiary/aromatic N) is 3. The Labute approximate surface area is 175 Å². The SMILES string of the molecule is COc1ccc(CCc2cnc(-c3cc4ccccc4cn3)c3ccccc23)cn1. The Morgan fingerprint density at radius 2 is 1.50 bits per heavy atom. The molecule has 5 rings (SSSR count). The summed E-state index contributed by atoms with van der Waals surface area (Å²) in [5, 5.41) is 4.66. The van der Waals surface area contributed by atoms with Gasteiger partial charge >= 0.3 is 0 Å². The molecule has 3 aromatic heterocycles. The highest BCUT2D eigenvalue weighted by Gasteiger charge is 2.11. The average molecular weight is 391 g/mol. The third-order valence-corrected chi connectivity index (χ3v) is 5.44. The van der Waals surface area contributed by atoms with Gasteiger partial charge in [-0.05, 0) is 40.8 Å². The molecule has 0 amide bonds. The van der Waals surface area contributed by atoms with Crippen LogP contribution in [0.2, 0.25) is 0 Å². The lowest BCUT2D eigenvalue weighted by Gasteiger charge is -2.11. The van der Waals surface area contributed by atoms with Crippen LogP contribution >= 0.6 is 0 Å². The van der Waals surface area contributed by atoms with Crippen molar-refractivity contribution in [2.45, 2.75) is 12.8 Å². The quantitative estimate of drug-likeness (QED) is 0.389. The van der Waals surface area contributed by atoms with Gasteiger partial charge in [0.15, 0.2) is 0 Å². The molecule has 30 heavy (non-hydrogen) atoms. The maximum atomic E-state index is 5.14. The average Bonchev–Trinajstić information content (AvgIpc) is 2.82.